The lowest BCUT2D eigenvalue weighted by Gasteiger charge is -2.35. The molecule has 0 aromatic heterocycles. The lowest BCUT2D eigenvalue weighted by molar-refractivity contribution is -0.188. The number of nitrogens with zero attached hydrogens (tertiary/aromatic N) is 1. The van der Waals surface area contributed by atoms with Gasteiger partial charge in [-0.25, -0.2) is 0 Å². The zero-order valence-corrected chi connectivity index (χ0v) is 11.0. The molecule has 1 saturated heterocycles. The zero-order chi connectivity index (χ0) is 12.3. The Morgan fingerprint density at radius 3 is 2.47 bits per heavy atom. The predicted octanol–water partition coefficient (Wildman–Crippen LogP) is 0.735. The Kier molecular flexibility index (Phi) is 6.42. The van der Waals surface area contributed by atoms with Crippen molar-refractivity contribution in [3.05, 3.63) is 0 Å². The van der Waals surface area contributed by atoms with Gasteiger partial charge in [0.1, 0.15) is 6.04 Å². The number of amides is 1. The van der Waals surface area contributed by atoms with E-state index in [0.717, 1.165) is 0 Å². The minimum Gasteiger partial charge on any atom is -0.322 e. The molecular weight excluding hydrogens is 328 g/mol. The molecule has 1 aliphatic heterocycles. The zero-order valence-electron chi connectivity index (χ0n) is 8.59. The third kappa shape index (κ3) is 4.11. The summed E-state index contributed by atoms with van der Waals surface area (Å²) < 4.78 is 36.7. The fourth-order valence-corrected chi connectivity index (χ4v) is 1.86. The molecule has 1 rings (SSSR count). The van der Waals surface area contributed by atoms with Gasteiger partial charge >= 0.3 is 12.1 Å². The fourth-order valence-electron chi connectivity index (χ4n) is 1.49. The first kappa shape index (κ1) is 16.7. The first-order valence-corrected chi connectivity index (χ1v) is 5.67. The van der Waals surface area contributed by atoms with Crippen molar-refractivity contribution in [3.8, 4) is 0 Å². The third-order valence-electron chi connectivity index (χ3n) is 2.25. The number of alkyl halides is 4. The van der Waals surface area contributed by atoms with Gasteiger partial charge in [0, 0.05) is 19.6 Å². The highest BCUT2D eigenvalue weighted by atomic mass is 79.9. The van der Waals surface area contributed by atoms with Crippen molar-refractivity contribution in [2.75, 3.05) is 25.0 Å². The molecule has 0 spiro atoms. The van der Waals surface area contributed by atoms with E-state index in [4.69, 9.17) is 0 Å². The maximum absolute atomic E-state index is 12.2. The summed E-state index contributed by atoms with van der Waals surface area (Å²) in [4.78, 5) is 23.0. The average Bonchev–Trinajstić information content (AvgIpc) is 2.25. The largest absolute Gasteiger partial charge is 0.471 e. The molecule has 0 aromatic carbocycles. The van der Waals surface area contributed by atoms with E-state index >= 15 is 0 Å². The molecule has 0 aliphatic carbocycles. The van der Waals surface area contributed by atoms with E-state index in [-0.39, 0.29) is 37.4 Å². The van der Waals surface area contributed by atoms with Gasteiger partial charge < -0.3 is 10.2 Å². The van der Waals surface area contributed by atoms with E-state index in [1.165, 1.54) is 0 Å². The van der Waals surface area contributed by atoms with E-state index in [1.807, 2.05) is 0 Å². The molecule has 1 unspecified atom stereocenters. The van der Waals surface area contributed by atoms with Crippen molar-refractivity contribution >= 4 is 40.0 Å². The smallest absolute Gasteiger partial charge is 0.322 e. The van der Waals surface area contributed by atoms with Gasteiger partial charge in [-0.3, -0.25) is 9.59 Å². The second-order valence-electron chi connectivity index (χ2n) is 3.32. The monoisotopic (exact) mass is 338 g/mol. The topological polar surface area (TPSA) is 49.4 Å². The van der Waals surface area contributed by atoms with Crippen molar-refractivity contribution < 1.29 is 22.8 Å². The number of carbonyl (C=O) groups excluding carboxylic acids is 2. The highest BCUT2D eigenvalue weighted by molar-refractivity contribution is 9.09. The summed E-state index contributed by atoms with van der Waals surface area (Å²) in [6.07, 6.45) is -4.93. The summed E-state index contributed by atoms with van der Waals surface area (Å²) in [5.41, 5.74) is 0. The molecule has 100 valence electrons. The number of nitrogens with one attached hydrogen (secondary N) is 1. The molecule has 17 heavy (non-hydrogen) atoms. The summed E-state index contributed by atoms with van der Waals surface area (Å²) in [5.74, 6) is -2.39. The van der Waals surface area contributed by atoms with Crippen molar-refractivity contribution in [2.45, 2.75) is 12.2 Å². The predicted molar refractivity (Wildman–Crippen MR) is 60.5 cm³/mol. The molecule has 4 nitrogen and oxygen atoms in total. The van der Waals surface area contributed by atoms with Crippen LogP contribution in [0.2, 0.25) is 0 Å². The molecule has 0 radical (unpaired) electrons. The maximum Gasteiger partial charge on any atom is 0.471 e. The summed E-state index contributed by atoms with van der Waals surface area (Å²) in [6.45, 7) is 0.210. The van der Waals surface area contributed by atoms with Gasteiger partial charge in [-0.15, -0.1) is 12.4 Å². The van der Waals surface area contributed by atoms with Crippen molar-refractivity contribution in [2.24, 2.45) is 0 Å². The van der Waals surface area contributed by atoms with Crippen molar-refractivity contribution in [1.82, 2.24) is 10.2 Å². The second-order valence-corrected chi connectivity index (χ2v) is 3.88. The van der Waals surface area contributed by atoms with Gasteiger partial charge in [-0.2, -0.15) is 13.2 Å². The molecule has 0 saturated carbocycles. The molecule has 1 amide bonds. The molecule has 1 atom stereocenters. The van der Waals surface area contributed by atoms with Gasteiger partial charge in [0.25, 0.3) is 0 Å². The van der Waals surface area contributed by atoms with Gasteiger partial charge in [0.15, 0.2) is 5.78 Å². The van der Waals surface area contributed by atoms with E-state index in [1.54, 1.807) is 0 Å². The Morgan fingerprint density at radius 2 is 2.00 bits per heavy atom. The number of hydrogen-bond acceptors (Lipinski definition) is 3. The average molecular weight is 340 g/mol. The van der Waals surface area contributed by atoms with Gasteiger partial charge in [-0.05, 0) is 0 Å². The number of piperazine rings is 1. The highest BCUT2D eigenvalue weighted by Crippen LogP contribution is 2.21. The van der Waals surface area contributed by atoms with Crippen LogP contribution in [-0.4, -0.2) is 53.8 Å². The third-order valence-corrected chi connectivity index (χ3v) is 2.80. The summed E-state index contributed by atoms with van der Waals surface area (Å²) >= 11 is 2.88. The molecule has 1 aliphatic rings. The van der Waals surface area contributed by atoms with Gasteiger partial charge in [0.2, 0.25) is 0 Å². The molecule has 0 aromatic rings. The van der Waals surface area contributed by atoms with Crippen LogP contribution in [0, 0.1) is 0 Å². The fraction of sp³-hybridized carbons (Fsp3) is 0.750. The Balaban J connectivity index is 0.00000256. The van der Waals surface area contributed by atoms with E-state index in [0.29, 0.717) is 4.90 Å². The Labute approximate surface area is 110 Å². The Bertz CT molecular complexity index is 301. The number of rotatable bonds is 2. The molecule has 1 N–H and O–H groups in total. The number of halogens is 5. The maximum atomic E-state index is 12.2. The van der Waals surface area contributed by atoms with Crippen molar-refractivity contribution in [1.29, 1.82) is 0 Å². The SMILES string of the molecule is Cl.O=C(CBr)C1CNCCN1C(=O)C(F)(F)F. The normalized spacial score (nSPS) is 20.7. The van der Waals surface area contributed by atoms with Crippen LogP contribution in [-0.2, 0) is 9.59 Å². The minimum atomic E-state index is -4.93. The molecular formula is C8H11BrClF3N2O2. The van der Waals surface area contributed by atoms with Crippen LogP contribution >= 0.6 is 28.3 Å². The number of ketones is 1. The van der Waals surface area contributed by atoms with Crippen LogP contribution < -0.4 is 5.32 Å². The summed E-state index contributed by atoms with van der Waals surface area (Å²) in [6, 6.07) is -1.04. The first-order chi connectivity index (χ1) is 7.38. The number of hydrogen-bond donors (Lipinski definition) is 1. The molecule has 9 heteroatoms. The molecule has 1 heterocycles. The molecule has 0 bridgehead atoms. The van der Waals surface area contributed by atoms with E-state index in [9.17, 15) is 22.8 Å². The quantitative estimate of drug-likeness (QED) is 0.755. The second kappa shape index (κ2) is 6.55. The number of Topliss-reactive ketones (excluding diaryl/α,β-unsaturated/α-hetero) is 1. The molecule has 1 fully saturated rings. The highest BCUT2D eigenvalue weighted by Gasteiger charge is 2.46. The van der Waals surface area contributed by atoms with Crippen molar-refractivity contribution in [3.63, 3.8) is 0 Å². The lowest BCUT2D eigenvalue weighted by Crippen LogP contribution is -2.59. The van der Waals surface area contributed by atoms with Gasteiger partial charge in [0.05, 0.1) is 5.33 Å². The van der Waals surface area contributed by atoms with Crippen LogP contribution in [0.25, 0.3) is 0 Å². The van der Waals surface area contributed by atoms with Gasteiger partial charge in [-0.1, -0.05) is 15.9 Å². The minimum absolute atomic E-state index is 0. The van der Waals surface area contributed by atoms with Crippen LogP contribution in [0.15, 0.2) is 0 Å². The van der Waals surface area contributed by atoms with E-state index in [2.05, 4.69) is 21.2 Å². The summed E-state index contributed by atoms with van der Waals surface area (Å²) in [5, 5.41) is 2.71. The first-order valence-electron chi connectivity index (χ1n) is 4.55. The van der Waals surface area contributed by atoms with Crippen LogP contribution in [0.3, 0.4) is 0 Å². The summed E-state index contributed by atoms with van der Waals surface area (Å²) in [7, 11) is 0. The number of carbonyl (C=O) groups is 2. The van der Waals surface area contributed by atoms with Crippen LogP contribution in [0.5, 0.6) is 0 Å². The Morgan fingerprint density at radius 1 is 1.41 bits per heavy atom. The lowest BCUT2D eigenvalue weighted by atomic mass is 10.1. The van der Waals surface area contributed by atoms with Crippen LogP contribution in [0.1, 0.15) is 0 Å². The van der Waals surface area contributed by atoms with E-state index < -0.39 is 23.9 Å². The standard InChI is InChI=1S/C8H10BrF3N2O2.ClH/c9-3-6(15)5-4-13-1-2-14(5)7(16)8(10,11)12;/h5,13H,1-4H2;1H. The van der Waals surface area contributed by atoms with Crippen LogP contribution in [0.4, 0.5) is 13.2 Å². The Hall–Kier alpha value is -0.340.